The van der Waals surface area contributed by atoms with Gasteiger partial charge in [-0.2, -0.15) is 0 Å². The van der Waals surface area contributed by atoms with E-state index in [0.717, 1.165) is 0 Å². The number of rotatable bonds is 5. The lowest BCUT2D eigenvalue weighted by molar-refractivity contribution is 0.0686. The first-order valence-electron chi connectivity index (χ1n) is 7.92. The second kappa shape index (κ2) is 7.13. The normalized spacial score (nSPS) is 10.4. The predicted molar refractivity (Wildman–Crippen MR) is 98.2 cm³/mol. The van der Waals surface area contributed by atoms with Crippen molar-refractivity contribution in [2.24, 2.45) is 0 Å². The van der Waals surface area contributed by atoms with Crippen LogP contribution in [-0.2, 0) is 0 Å². The maximum Gasteiger partial charge on any atom is 0.336 e. The summed E-state index contributed by atoms with van der Waals surface area (Å²) in [6.07, 6.45) is 0. The van der Waals surface area contributed by atoms with Gasteiger partial charge in [0.15, 0.2) is 0 Å². The first kappa shape index (κ1) is 17.9. The summed E-state index contributed by atoms with van der Waals surface area (Å²) in [6, 6.07) is 16.8. The average molecular weight is 362 g/mol. The Hall–Kier alpha value is -3.93. The van der Waals surface area contributed by atoms with Crippen LogP contribution in [0.3, 0.4) is 0 Å². The van der Waals surface area contributed by atoms with Gasteiger partial charge < -0.3 is 15.3 Å². The summed E-state index contributed by atoms with van der Waals surface area (Å²) in [7, 11) is 0. The van der Waals surface area contributed by atoms with Crippen molar-refractivity contribution >= 4 is 17.9 Å². The Morgan fingerprint density at radius 3 is 1.70 bits per heavy atom. The average Bonchev–Trinajstić information content (AvgIpc) is 2.67. The molecule has 3 aromatic carbocycles. The van der Waals surface area contributed by atoms with Gasteiger partial charge in [0.25, 0.3) is 0 Å². The molecule has 0 spiro atoms. The van der Waals surface area contributed by atoms with Crippen molar-refractivity contribution < 1.29 is 29.7 Å². The molecule has 0 aliphatic heterocycles. The molecule has 0 atom stereocenters. The minimum atomic E-state index is -1.13. The molecule has 27 heavy (non-hydrogen) atoms. The van der Waals surface area contributed by atoms with Crippen LogP contribution >= 0.6 is 0 Å². The van der Waals surface area contributed by atoms with Crippen LogP contribution in [0.5, 0.6) is 0 Å². The van der Waals surface area contributed by atoms with E-state index in [2.05, 4.69) is 0 Å². The number of benzene rings is 3. The van der Waals surface area contributed by atoms with Crippen molar-refractivity contribution in [1.82, 2.24) is 0 Å². The van der Waals surface area contributed by atoms with Crippen LogP contribution in [0, 0.1) is 0 Å². The van der Waals surface area contributed by atoms with E-state index in [1.807, 2.05) is 0 Å². The molecule has 6 nitrogen and oxygen atoms in total. The van der Waals surface area contributed by atoms with Crippen LogP contribution in [-0.4, -0.2) is 33.2 Å². The summed E-state index contributed by atoms with van der Waals surface area (Å²) in [5, 5.41) is 27.9. The number of aromatic carboxylic acids is 3. The second-order valence-electron chi connectivity index (χ2n) is 5.80. The fourth-order valence-electron chi connectivity index (χ4n) is 2.85. The Morgan fingerprint density at radius 2 is 1.11 bits per heavy atom. The Kier molecular flexibility index (Phi) is 4.72. The number of hydrogen-bond acceptors (Lipinski definition) is 3. The Balaban J connectivity index is 2.19. The third-order valence-electron chi connectivity index (χ3n) is 4.16. The molecule has 3 rings (SSSR count). The molecule has 0 aliphatic carbocycles. The maximum atomic E-state index is 11.6. The standard InChI is InChI=1S/C21H14O6/c22-19(23)13-7-5-12(6-8-13)18-11-14(9-10-17(18)21(26)27)15-3-1-2-4-16(15)20(24)25/h1-11H,(H,22,23)(H,24,25)(H,26,27). The zero-order chi connectivity index (χ0) is 19.6. The fraction of sp³-hybridized carbons (Fsp3) is 0. The molecular formula is C21H14O6. The summed E-state index contributed by atoms with van der Waals surface area (Å²) < 4.78 is 0. The monoisotopic (exact) mass is 362 g/mol. The van der Waals surface area contributed by atoms with E-state index in [1.54, 1.807) is 30.3 Å². The highest BCUT2D eigenvalue weighted by molar-refractivity contribution is 6.00. The highest BCUT2D eigenvalue weighted by Gasteiger charge is 2.16. The molecule has 0 saturated heterocycles. The second-order valence-corrected chi connectivity index (χ2v) is 5.80. The van der Waals surface area contributed by atoms with Crippen LogP contribution in [0.1, 0.15) is 31.1 Å². The first-order valence-corrected chi connectivity index (χ1v) is 7.92. The summed E-state index contributed by atoms with van der Waals surface area (Å²) >= 11 is 0. The first-order chi connectivity index (χ1) is 12.9. The number of carboxylic acid groups (broad SMARTS) is 3. The predicted octanol–water partition coefficient (Wildman–Crippen LogP) is 4.12. The van der Waals surface area contributed by atoms with Gasteiger partial charge in [-0.1, -0.05) is 36.4 Å². The van der Waals surface area contributed by atoms with Gasteiger partial charge in [0, 0.05) is 0 Å². The molecule has 134 valence electrons. The minimum Gasteiger partial charge on any atom is -0.478 e. The highest BCUT2D eigenvalue weighted by atomic mass is 16.4. The zero-order valence-electron chi connectivity index (χ0n) is 13.9. The number of carbonyl (C=O) groups is 3. The molecule has 0 aliphatic rings. The summed E-state index contributed by atoms with van der Waals surface area (Å²) in [5.74, 6) is -3.30. The molecule has 3 N–H and O–H groups in total. The van der Waals surface area contributed by atoms with Gasteiger partial charge in [-0.25, -0.2) is 14.4 Å². The summed E-state index contributed by atoms with van der Waals surface area (Å²) in [5.41, 5.74) is 2.13. The largest absolute Gasteiger partial charge is 0.478 e. The minimum absolute atomic E-state index is 0.0367. The lowest BCUT2D eigenvalue weighted by atomic mass is 9.92. The van der Waals surface area contributed by atoms with Crippen molar-refractivity contribution in [3.8, 4) is 22.3 Å². The lowest BCUT2D eigenvalue weighted by Crippen LogP contribution is -2.02. The van der Waals surface area contributed by atoms with Crippen LogP contribution in [0.2, 0.25) is 0 Å². The molecule has 0 amide bonds. The zero-order valence-corrected chi connectivity index (χ0v) is 13.9. The number of hydrogen-bond donors (Lipinski definition) is 3. The van der Waals surface area contributed by atoms with Crippen LogP contribution < -0.4 is 0 Å². The van der Waals surface area contributed by atoms with Crippen LogP contribution in [0.15, 0.2) is 66.7 Å². The molecular weight excluding hydrogens is 348 g/mol. The summed E-state index contributed by atoms with van der Waals surface area (Å²) in [4.78, 5) is 34.1. The molecule has 0 bridgehead atoms. The Labute approximate surface area is 154 Å². The molecule has 6 heteroatoms. The lowest BCUT2D eigenvalue weighted by Gasteiger charge is -2.12. The molecule has 0 heterocycles. The van der Waals surface area contributed by atoms with Crippen molar-refractivity contribution in [2.75, 3.05) is 0 Å². The van der Waals surface area contributed by atoms with Gasteiger partial charge in [-0.15, -0.1) is 0 Å². The molecule has 0 saturated carbocycles. The van der Waals surface area contributed by atoms with Gasteiger partial charge in [-0.3, -0.25) is 0 Å². The molecule has 3 aromatic rings. The fourth-order valence-corrected chi connectivity index (χ4v) is 2.85. The SMILES string of the molecule is O=C(O)c1ccc(-c2cc(-c3ccccc3C(=O)O)ccc2C(=O)O)cc1. The van der Waals surface area contributed by atoms with Crippen LogP contribution in [0.25, 0.3) is 22.3 Å². The van der Waals surface area contributed by atoms with E-state index in [4.69, 9.17) is 5.11 Å². The summed E-state index contributed by atoms with van der Waals surface area (Å²) in [6.45, 7) is 0. The van der Waals surface area contributed by atoms with E-state index >= 15 is 0 Å². The van der Waals surface area contributed by atoms with Crippen molar-refractivity contribution in [1.29, 1.82) is 0 Å². The van der Waals surface area contributed by atoms with E-state index in [9.17, 15) is 24.6 Å². The van der Waals surface area contributed by atoms with E-state index in [0.29, 0.717) is 22.3 Å². The maximum absolute atomic E-state index is 11.6. The highest BCUT2D eigenvalue weighted by Crippen LogP contribution is 2.31. The van der Waals surface area contributed by atoms with Gasteiger partial charge in [0.1, 0.15) is 0 Å². The number of carboxylic acids is 3. The Morgan fingerprint density at radius 1 is 0.556 bits per heavy atom. The third-order valence-corrected chi connectivity index (χ3v) is 4.16. The topological polar surface area (TPSA) is 112 Å². The molecule has 0 radical (unpaired) electrons. The van der Waals surface area contributed by atoms with Crippen LogP contribution in [0.4, 0.5) is 0 Å². The van der Waals surface area contributed by atoms with E-state index < -0.39 is 17.9 Å². The van der Waals surface area contributed by atoms with Crippen molar-refractivity contribution in [3.63, 3.8) is 0 Å². The van der Waals surface area contributed by atoms with Gasteiger partial charge in [-0.05, 0) is 52.6 Å². The Bertz CT molecular complexity index is 1050. The van der Waals surface area contributed by atoms with Gasteiger partial charge >= 0.3 is 17.9 Å². The van der Waals surface area contributed by atoms with Gasteiger partial charge in [0.2, 0.25) is 0 Å². The van der Waals surface area contributed by atoms with Gasteiger partial charge in [0.05, 0.1) is 16.7 Å². The smallest absolute Gasteiger partial charge is 0.336 e. The van der Waals surface area contributed by atoms with Crippen molar-refractivity contribution in [2.45, 2.75) is 0 Å². The third kappa shape index (κ3) is 3.55. The van der Waals surface area contributed by atoms with E-state index in [1.165, 1.54) is 36.4 Å². The van der Waals surface area contributed by atoms with Crippen molar-refractivity contribution in [3.05, 3.63) is 83.4 Å². The molecule has 0 aromatic heterocycles. The molecule has 0 unspecified atom stereocenters. The quantitative estimate of drug-likeness (QED) is 0.629. The van der Waals surface area contributed by atoms with E-state index in [-0.39, 0.29) is 16.7 Å². The molecule has 0 fully saturated rings.